The summed E-state index contributed by atoms with van der Waals surface area (Å²) in [5.74, 6) is -0.134. The van der Waals surface area contributed by atoms with Gasteiger partial charge in [0.2, 0.25) is 5.91 Å². The van der Waals surface area contributed by atoms with Gasteiger partial charge in [0.25, 0.3) is 0 Å². The van der Waals surface area contributed by atoms with Crippen LogP contribution >= 0.6 is 11.6 Å². The lowest BCUT2D eigenvalue weighted by atomic mass is 10.0. The Morgan fingerprint density at radius 3 is 2.67 bits per heavy atom. The van der Waals surface area contributed by atoms with Gasteiger partial charge in [-0.1, -0.05) is 41.9 Å². The molecule has 2 aromatic carbocycles. The van der Waals surface area contributed by atoms with Crippen LogP contribution in [0.4, 0.5) is 0 Å². The Labute approximate surface area is 163 Å². The first-order valence-electron chi connectivity index (χ1n) is 8.93. The van der Waals surface area contributed by atoms with Crippen molar-refractivity contribution in [3.63, 3.8) is 0 Å². The Morgan fingerprint density at radius 1 is 1.19 bits per heavy atom. The Bertz CT molecular complexity index is 1060. The molecule has 3 aromatic rings. The average Bonchev–Trinajstić information content (AvgIpc) is 2.61. The summed E-state index contributed by atoms with van der Waals surface area (Å²) in [5.41, 5.74) is 3.52. The monoisotopic (exact) mass is 383 g/mol. The van der Waals surface area contributed by atoms with Gasteiger partial charge in [-0.15, -0.1) is 0 Å². The third kappa shape index (κ3) is 4.22. The molecule has 1 aromatic heterocycles. The number of hydrogen-bond donors (Lipinski definition) is 1. The van der Waals surface area contributed by atoms with E-state index in [1.54, 1.807) is 6.07 Å². The molecule has 0 aliphatic rings. The third-order valence-corrected chi connectivity index (χ3v) is 5.14. The number of fused-ring (bicyclic) bond motifs is 1. The van der Waals surface area contributed by atoms with Gasteiger partial charge in [-0.05, 0) is 56.0 Å². The summed E-state index contributed by atoms with van der Waals surface area (Å²) in [7, 11) is 0. The lowest BCUT2D eigenvalue weighted by molar-refractivity contribution is -0.121. The maximum atomic E-state index is 12.4. The number of halogens is 1. The molecule has 1 heterocycles. The molecule has 1 unspecified atom stereocenters. The van der Waals surface area contributed by atoms with E-state index in [0.717, 1.165) is 22.1 Å². The second kappa shape index (κ2) is 7.97. The summed E-state index contributed by atoms with van der Waals surface area (Å²) >= 11 is 6.18. The molecule has 0 fully saturated rings. The average molecular weight is 384 g/mol. The van der Waals surface area contributed by atoms with Gasteiger partial charge in [0.1, 0.15) is 5.58 Å². The second-order valence-corrected chi connectivity index (χ2v) is 7.21. The fourth-order valence-electron chi connectivity index (χ4n) is 3.25. The van der Waals surface area contributed by atoms with Crippen LogP contribution in [0.3, 0.4) is 0 Å². The summed E-state index contributed by atoms with van der Waals surface area (Å²) in [4.78, 5) is 24.7. The molecule has 0 aliphatic carbocycles. The van der Waals surface area contributed by atoms with E-state index in [9.17, 15) is 9.59 Å². The molecule has 0 aliphatic heterocycles. The number of amides is 1. The zero-order chi connectivity index (χ0) is 19.6. The lowest BCUT2D eigenvalue weighted by Crippen LogP contribution is -2.27. The second-order valence-electron chi connectivity index (χ2n) is 6.80. The molecule has 4 nitrogen and oxygen atoms in total. The van der Waals surface area contributed by atoms with Gasteiger partial charge in [-0.3, -0.25) is 4.79 Å². The van der Waals surface area contributed by atoms with E-state index in [0.29, 0.717) is 22.6 Å². The zero-order valence-electron chi connectivity index (χ0n) is 15.6. The first-order valence-corrected chi connectivity index (χ1v) is 9.31. The summed E-state index contributed by atoms with van der Waals surface area (Å²) < 4.78 is 5.45. The first-order chi connectivity index (χ1) is 12.9. The number of carbonyl (C=O) groups excluding carboxylic acids is 1. The standard InChI is InChI=1S/C22H22ClNO3/c1-13-8-9-16-14(2)17(22(26)27-20(16)12-13)10-11-21(25)24-15(3)18-6-4-5-7-19(18)23/h4-9,12,15H,10-11H2,1-3H3,(H,24,25). The van der Waals surface area contributed by atoms with Crippen molar-refractivity contribution < 1.29 is 9.21 Å². The smallest absolute Gasteiger partial charge is 0.339 e. The minimum absolute atomic E-state index is 0.134. The van der Waals surface area contributed by atoms with Crippen molar-refractivity contribution in [3.8, 4) is 0 Å². The molecule has 0 saturated carbocycles. The summed E-state index contributed by atoms with van der Waals surface area (Å²) in [5, 5.41) is 4.45. The van der Waals surface area contributed by atoms with E-state index < -0.39 is 0 Å². The van der Waals surface area contributed by atoms with E-state index in [-0.39, 0.29) is 24.0 Å². The Kier molecular flexibility index (Phi) is 5.66. The first kappa shape index (κ1) is 19.2. The summed E-state index contributed by atoms with van der Waals surface area (Å²) in [6.07, 6.45) is 0.539. The molecule has 0 bridgehead atoms. The highest BCUT2D eigenvalue weighted by Gasteiger charge is 2.15. The molecular formula is C22H22ClNO3. The number of hydrogen-bond acceptors (Lipinski definition) is 3. The van der Waals surface area contributed by atoms with Crippen molar-refractivity contribution in [3.05, 3.63) is 80.2 Å². The van der Waals surface area contributed by atoms with Crippen molar-refractivity contribution >= 4 is 28.5 Å². The van der Waals surface area contributed by atoms with Gasteiger partial charge < -0.3 is 9.73 Å². The van der Waals surface area contributed by atoms with Crippen LogP contribution in [0.25, 0.3) is 11.0 Å². The molecule has 3 rings (SSSR count). The van der Waals surface area contributed by atoms with Crippen molar-refractivity contribution in [1.82, 2.24) is 5.32 Å². The minimum atomic E-state index is -0.377. The minimum Gasteiger partial charge on any atom is -0.423 e. The van der Waals surface area contributed by atoms with E-state index in [1.807, 2.05) is 57.2 Å². The summed E-state index contributed by atoms with van der Waals surface area (Å²) in [6.45, 7) is 5.73. The van der Waals surface area contributed by atoms with Gasteiger partial charge in [0.15, 0.2) is 0 Å². The normalized spacial score (nSPS) is 12.1. The lowest BCUT2D eigenvalue weighted by Gasteiger charge is -2.16. The molecule has 1 atom stereocenters. The van der Waals surface area contributed by atoms with Gasteiger partial charge in [-0.25, -0.2) is 4.79 Å². The maximum absolute atomic E-state index is 12.4. The van der Waals surface area contributed by atoms with Crippen LogP contribution in [-0.2, 0) is 11.2 Å². The Balaban J connectivity index is 1.73. The van der Waals surface area contributed by atoms with Gasteiger partial charge in [0.05, 0.1) is 6.04 Å². The molecule has 5 heteroatoms. The van der Waals surface area contributed by atoms with Crippen LogP contribution in [0.5, 0.6) is 0 Å². The van der Waals surface area contributed by atoms with Crippen molar-refractivity contribution in [2.45, 2.75) is 39.7 Å². The molecule has 1 amide bonds. The predicted molar refractivity (Wildman–Crippen MR) is 108 cm³/mol. The highest BCUT2D eigenvalue weighted by molar-refractivity contribution is 6.31. The fourth-order valence-corrected chi connectivity index (χ4v) is 3.55. The number of benzene rings is 2. The highest BCUT2D eigenvalue weighted by atomic mass is 35.5. The van der Waals surface area contributed by atoms with Crippen LogP contribution in [0.15, 0.2) is 51.7 Å². The SMILES string of the molecule is Cc1ccc2c(C)c(CCC(=O)NC(C)c3ccccc3Cl)c(=O)oc2c1. The Hall–Kier alpha value is -2.59. The number of carbonyl (C=O) groups is 1. The highest BCUT2D eigenvalue weighted by Crippen LogP contribution is 2.23. The van der Waals surface area contributed by atoms with Crippen LogP contribution in [0.1, 0.15) is 41.6 Å². The quantitative estimate of drug-likeness (QED) is 0.639. The molecule has 0 radical (unpaired) electrons. The molecule has 0 spiro atoms. The van der Waals surface area contributed by atoms with Gasteiger partial charge in [0, 0.05) is 22.4 Å². The predicted octanol–water partition coefficient (Wildman–Crippen LogP) is 4.87. The largest absolute Gasteiger partial charge is 0.423 e. The molecule has 1 N–H and O–H groups in total. The number of aryl methyl sites for hydroxylation is 2. The molecule has 0 saturated heterocycles. The summed E-state index contributed by atoms with van der Waals surface area (Å²) in [6, 6.07) is 13.0. The van der Waals surface area contributed by atoms with Gasteiger partial charge in [-0.2, -0.15) is 0 Å². The van der Waals surface area contributed by atoms with Crippen LogP contribution < -0.4 is 10.9 Å². The van der Waals surface area contributed by atoms with E-state index in [4.69, 9.17) is 16.0 Å². The molecule has 27 heavy (non-hydrogen) atoms. The number of nitrogens with one attached hydrogen (secondary N) is 1. The van der Waals surface area contributed by atoms with Crippen molar-refractivity contribution in [1.29, 1.82) is 0 Å². The zero-order valence-corrected chi connectivity index (χ0v) is 16.4. The Morgan fingerprint density at radius 2 is 1.93 bits per heavy atom. The van der Waals surface area contributed by atoms with Crippen LogP contribution in [-0.4, -0.2) is 5.91 Å². The topological polar surface area (TPSA) is 59.3 Å². The van der Waals surface area contributed by atoms with Crippen molar-refractivity contribution in [2.24, 2.45) is 0 Å². The molecule has 140 valence electrons. The maximum Gasteiger partial charge on any atom is 0.339 e. The van der Waals surface area contributed by atoms with E-state index in [1.165, 1.54) is 0 Å². The number of rotatable bonds is 5. The van der Waals surface area contributed by atoms with Crippen molar-refractivity contribution in [2.75, 3.05) is 0 Å². The van der Waals surface area contributed by atoms with E-state index in [2.05, 4.69) is 5.32 Å². The van der Waals surface area contributed by atoms with Gasteiger partial charge >= 0.3 is 5.63 Å². The third-order valence-electron chi connectivity index (χ3n) is 4.79. The molecular weight excluding hydrogens is 362 g/mol. The fraction of sp³-hybridized carbons (Fsp3) is 0.273. The van der Waals surface area contributed by atoms with Crippen LogP contribution in [0, 0.1) is 13.8 Å². The van der Waals surface area contributed by atoms with Crippen LogP contribution in [0.2, 0.25) is 5.02 Å². The van der Waals surface area contributed by atoms with E-state index >= 15 is 0 Å².